The first kappa shape index (κ1) is 37.4. The first-order valence-corrected chi connectivity index (χ1v) is 0. The molecule has 0 aliphatic heterocycles. The fourth-order valence-corrected chi connectivity index (χ4v) is 0. The summed E-state index contributed by atoms with van der Waals surface area (Å²) in [6, 6.07) is 0. The Bertz CT molecular complexity index is 8.00. The Morgan fingerprint density at radius 1 is 1.00 bits per heavy atom. The largest absolute Gasteiger partial charge is 0.0776 e. The molecule has 0 saturated carbocycles. The van der Waals surface area contributed by atoms with Crippen molar-refractivity contribution < 1.29 is 53.8 Å². The van der Waals surface area contributed by atoms with Crippen LogP contribution in [0.15, 0.2) is 0 Å². The van der Waals surface area contributed by atoms with Crippen molar-refractivity contribution in [3.8, 4) is 0 Å². The van der Waals surface area contributed by atoms with Gasteiger partial charge in [-0.3, -0.25) is 0 Å². The van der Waals surface area contributed by atoms with Crippen LogP contribution in [0.5, 0.6) is 0 Å². The molecule has 0 amide bonds. The predicted molar refractivity (Wildman–Crippen MR) is 18.1 cm³/mol. The summed E-state index contributed by atoms with van der Waals surface area (Å²) in [5.74, 6) is 0. The van der Waals surface area contributed by atoms with E-state index in [-0.39, 0.29) is 72.2 Å². The van der Waals surface area contributed by atoms with Gasteiger partial charge < -0.3 is 0 Å². The quantitative estimate of drug-likeness (QED) is 0.512. The minimum absolute atomic E-state index is 0. The van der Waals surface area contributed by atoms with Crippen molar-refractivity contribution >= 4 is 11.0 Å². The van der Waals surface area contributed by atoms with Gasteiger partial charge in [0.15, 0.2) is 0 Å². The fourth-order valence-electron chi connectivity index (χ4n) is 0. The molecule has 0 unspecified atom stereocenters. The van der Waals surface area contributed by atoms with E-state index in [1.165, 1.54) is 0 Å². The Hall–Kier alpha value is 2.01. The van der Waals surface area contributed by atoms with Gasteiger partial charge in [-0.1, -0.05) is 7.43 Å². The smallest absolute Gasteiger partial charge is 0 e. The molecule has 0 aliphatic rings. The normalized spacial score (nSPS) is 0. The molecule has 0 nitrogen and oxygen atoms in total. The van der Waals surface area contributed by atoms with Gasteiger partial charge >= 0.3 is 0 Å². The maximum atomic E-state index is 0. The maximum Gasteiger partial charge on any atom is 0 e. The zero-order valence-corrected chi connectivity index (χ0v) is 6.76. The molecule has 0 fully saturated rings. The molecular formula is CH8SiWY. The van der Waals surface area contributed by atoms with E-state index in [1.54, 1.807) is 0 Å². The Balaban J connectivity index is 0. The van der Waals surface area contributed by atoms with Gasteiger partial charge in [-0.15, -0.1) is 0 Å². The summed E-state index contributed by atoms with van der Waals surface area (Å²) in [5.41, 5.74) is 0. The van der Waals surface area contributed by atoms with E-state index in [4.69, 9.17) is 0 Å². The van der Waals surface area contributed by atoms with Crippen LogP contribution < -0.4 is 0 Å². The second-order valence-corrected chi connectivity index (χ2v) is 0. The van der Waals surface area contributed by atoms with E-state index in [0.717, 1.165) is 0 Å². The van der Waals surface area contributed by atoms with Crippen LogP contribution in [0, 0.1) is 0 Å². The standard InChI is InChI=1S/CH4.H4Si.W.Y/h2*1H4;;. The topological polar surface area (TPSA) is 0 Å². The molecule has 0 aromatic heterocycles. The summed E-state index contributed by atoms with van der Waals surface area (Å²) in [5, 5.41) is 0. The van der Waals surface area contributed by atoms with Crippen LogP contribution in [-0.2, 0) is 53.8 Å². The Labute approximate surface area is 71.3 Å². The van der Waals surface area contributed by atoms with Crippen molar-refractivity contribution in [3.05, 3.63) is 0 Å². The zero-order chi connectivity index (χ0) is 0. The molecule has 0 N–H and O–H groups in total. The summed E-state index contributed by atoms with van der Waals surface area (Å²) in [7, 11) is 0. The van der Waals surface area contributed by atoms with Gasteiger partial charge in [-0.2, -0.15) is 0 Å². The van der Waals surface area contributed by atoms with Gasteiger partial charge in [0.2, 0.25) is 0 Å². The van der Waals surface area contributed by atoms with Crippen LogP contribution in [0.4, 0.5) is 0 Å². The molecule has 0 aliphatic carbocycles. The van der Waals surface area contributed by atoms with E-state index in [1.807, 2.05) is 0 Å². The molecule has 1 radical (unpaired) electrons. The minimum Gasteiger partial charge on any atom is -0.0776 e. The minimum atomic E-state index is 0. The number of hydrogen-bond donors (Lipinski definition) is 0. The summed E-state index contributed by atoms with van der Waals surface area (Å²) < 4.78 is 0. The van der Waals surface area contributed by atoms with Crippen LogP contribution in [0.3, 0.4) is 0 Å². The monoisotopic (exact) mass is 321 g/mol. The SMILES string of the molecule is C.[SiH4].[W].[Y]. The molecule has 0 atom stereocenters. The molecule has 0 heterocycles. The first-order chi connectivity index (χ1) is 0. The second-order valence-electron chi connectivity index (χ2n) is 0. The molecule has 3 heteroatoms. The maximum absolute atomic E-state index is 0. The third-order valence-corrected chi connectivity index (χ3v) is 0. The third kappa shape index (κ3) is 8.99. The number of rotatable bonds is 0. The fraction of sp³-hybridized carbons (Fsp3) is 1.00. The molecule has 0 spiro atoms. The van der Waals surface area contributed by atoms with Gasteiger partial charge in [-0.25, -0.2) is 0 Å². The van der Waals surface area contributed by atoms with E-state index in [0.29, 0.717) is 0 Å². The van der Waals surface area contributed by atoms with Crippen molar-refractivity contribution in [1.82, 2.24) is 0 Å². The molecule has 0 aromatic carbocycles. The third-order valence-electron chi connectivity index (χ3n) is 0. The van der Waals surface area contributed by atoms with Crippen molar-refractivity contribution in [3.63, 3.8) is 0 Å². The van der Waals surface area contributed by atoms with Crippen molar-refractivity contribution in [2.45, 2.75) is 7.43 Å². The number of hydrogen-bond acceptors (Lipinski definition) is 0. The van der Waals surface area contributed by atoms with Gasteiger partial charge in [0.25, 0.3) is 0 Å². The molecule has 4 heavy (non-hydrogen) atoms. The first-order valence-electron chi connectivity index (χ1n) is 0. The van der Waals surface area contributed by atoms with Crippen LogP contribution >= 0.6 is 0 Å². The van der Waals surface area contributed by atoms with Crippen LogP contribution in [0.2, 0.25) is 0 Å². The average Bonchev–Trinajstić information content (AvgIpc) is 0. The second kappa shape index (κ2) is 19.9. The van der Waals surface area contributed by atoms with E-state index >= 15 is 0 Å². The Morgan fingerprint density at radius 3 is 1.00 bits per heavy atom. The zero-order valence-electron chi connectivity index (χ0n) is 0.986. The molecule has 0 saturated heterocycles. The Kier molecular flexibility index (Phi) is 186. The van der Waals surface area contributed by atoms with Crippen molar-refractivity contribution in [2.24, 2.45) is 0 Å². The van der Waals surface area contributed by atoms with Gasteiger partial charge in [0.1, 0.15) is 0 Å². The average molecular weight is 321 g/mol. The van der Waals surface area contributed by atoms with Crippen molar-refractivity contribution in [2.75, 3.05) is 0 Å². The van der Waals surface area contributed by atoms with E-state index in [9.17, 15) is 0 Å². The molecule has 25 valence electrons. The van der Waals surface area contributed by atoms with Crippen LogP contribution in [0.25, 0.3) is 0 Å². The van der Waals surface area contributed by atoms with E-state index in [2.05, 4.69) is 0 Å². The molecular weight excluding hydrogens is 313 g/mol. The van der Waals surface area contributed by atoms with Gasteiger partial charge in [0.05, 0.1) is 0 Å². The molecule has 0 rings (SSSR count). The van der Waals surface area contributed by atoms with E-state index < -0.39 is 0 Å². The Morgan fingerprint density at radius 2 is 1.00 bits per heavy atom. The van der Waals surface area contributed by atoms with Crippen LogP contribution in [-0.4, -0.2) is 11.0 Å². The summed E-state index contributed by atoms with van der Waals surface area (Å²) in [6.07, 6.45) is 0. The van der Waals surface area contributed by atoms with Crippen molar-refractivity contribution in [1.29, 1.82) is 0 Å². The summed E-state index contributed by atoms with van der Waals surface area (Å²) in [4.78, 5) is 0. The van der Waals surface area contributed by atoms with Gasteiger partial charge in [0, 0.05) is 53.8 Å². The molecule has 0 aromatic rings. The van der Waals surface area contributed by atoms with Crippen LogP contribution in [0.1, 0.15) is 7.43 Å². The van der Waals surface area contributed by atoms with Gasteiger partial charge in [-0.05, 0) is 11.0 Å². The molecule has 0 bridgehead atoms. The summed E-state index contributed by atoms with van der Waals surface area (Å²) in [6.45, 7) is 0. The predicted octanol–water partition coefficient (Wildman–Crippen LogP) is -0.821. The summed E-state index contributed by atoms with van der Waals surface area (Å²) >= 11 is 0.